The molecule has 1 aromatic rings. The second-order valence-corrected chi connectivity index (χ2v) is 6.18. The van der Waals surface area contributed by atoms with E-state index >= 15 is 0 Å². The number of fused-ring (bicyclic) bond motifs is 4. The number of piperidine rings is 1. The Balaban J connectivity index is 2.16. The van der Waals surface area contributed by atoms with Crippen molar-refractivity contribution in [3.63, 3.8) is 0 Å². The molecule has 0 aromatic heterocycles. The Bertz CT molecular complexity index is 439. The van der Waals surface area contributed by atoms with E-state index in [1.165, 1.54) is 32.2 Å². The number of likely N-dealkylation sites (tertiary alicyclic amines) is 1. The average molecular weight is 243 g/mol. The molecular formula is C17H25N. The molecule has 1 heterocycles. The molecule has 3 rings (SSSR count). The minimum Gasteiger partial charge on any atom is -0.303 e. The molecule has 1 saturated heterocycles. The van der Waals surface area contributed by atoms with Gasteiger partial charge in [-0.05, 0) is 49.9 Å². The van der Waals surface area contributed by atoms with Gasteiger partial charge in [0.05, 0.1) is 0 Å². The van der Waals surface area contributed by atoms with Gasteiger partial charge >= 0.3 is 0 Å². The Hall–Kier alpha value is -0.820. The van der Waals surface area contributed by atoms with E-state index in [0.717, 1.165) is 12.0 Å². The fourth-order valence-corrected chi connectivity index (χ4v) is 4.74. The molecule has 1 aromatic carbocycles. The summed E-state index contributed by atoms with van der Waals surface area (Å²) in [6.07, 6.45) is 5.21. The lowest BCUT2D eigenvalue weighted by molar-refractivity contribution is 0.0259. The van der Waals surface area contributed by atoms with E-state index in [0.29, 0.717) is 5.41 Å². The number of hydrogen-bond acceptors (Lipinski definition) is 1. The van der Waals surface area contributed by atoms with Gasteiger partial charge in [0.1, 0.15) is 0 Å². The van der Waals surface area contributed by atoms with E-state index in [1.807, 2.05) is 0 Å². The van der Waals surface area contributed by atoms with Crippen molar-refractivity contribution in [2.75, 3.05) is 13.6 Å². The van der Waals surface area contributed by atoms with E-state index in [1.54, 1.807) is 11.1 Å². The summed E-state index contributed by atoms with van der Waals surface area (Å²) in [5, 5.41) is 0. The Kier molecular flexibility index (Phi) is 2.97. The van der Waals surface area contributed by atoms with Crippen molar-refractivity contribution in [3.05, 3.63) is 35.4 Å². The fourth-order valence-electron chi connectivity index (χ4n) is 4.74. The topological polar surface area (TPSA) is 3.24 Å². The fraction of sp³-hybridized carbons (Fsp3) is 0.647. The standard InChI is InChI=1S/C17H25N/c1-4-14-16-12-13-8-6-7-9-15(13)17(14,5-2)10-11-18(16)3/h6-9,14,16H,4-5,10-12H2,1-3H3/t14-,16-,17+/m0/s1. The third-order valence-electron chi connectivity index (χ3n) is 5.70. The van der Waals surface area contributed by atoms with Crippen LogP contribution in [-0.2, 0) is 11.8 Å². The van der Waals surface area contributed by atoms with E-state index < -0.39 is 0 Å². The first-order valence-corrected chi connectivity index (χ1v) is 7.51. The van der Waals surface area contributed by atoms with E-state index in [9.17, 15) is 0 Å². The molecule has 0 N–H and O–H groups in total. The molecule has 0 saturated carbocycles. The predicted octanol–water partition coefficient (Wildman–Crippen LogP) is 3.62. The van der Waals surface area contributed by atoms with Gasteiger partial charge in [0.2, 0.25) is 0 Å². The van der Waals surface area contributed by atoms with Crippen LogP contribution < -0.4 is 0 Å². The minimum atomic E-state index is 0.459. The zero-order valence-electron chi connectivity index (χ0n) is 11.9. The van der Waals surface area contributed by atoms with Crippen LogP contribution in [-0.4, -0.2) is 24.5 Å². The maximum Gasteiger partial charge on any atom is 0.0169 e. The first-order valence-electron chi connectivity index (χ1n) is 7.51. The highest BCUT2D eigenvalue weighted by atomic mass is 15.1. The van der Waals surface area contributed by atoms with Gasteiger partial charge in [-0.1, -0.05) is 44.5 Å². The summed E-state index contributed by atoms with van der Waals surface area (Å²) >= 11 is 0. The molecule has 18 heavy (non-hydrogen) atoms. The second kappa shape index (κ2) is 4.38. The maximum atomic E-state index is 2.61. The quantitative estimate of drug-likeness (QED) is 0.767. The highest BCUT2D eigenvalue weighted by molar-refractivity contribution is 5.40. The molecule has 2 aliphatic rings. The van der Waals surface area contributed by atoms with Crippen LogP contribution in [0.4, 0.5) is 0 Å². The predicted molar refractivity (Wildman–Crippen MR) is 76.9 cm³/mol. The Morgan fingerprint density at radius 3 is 2.78 bits per heavy atom. The lowest BCUT2D eigenvalue weighted by Gasteiger charge is -2.56. The van der Waals surface area contributed by atoms with E-state index in [2.05, 4.69) is 50.1 Å². The summed E-state index contributed by atoms with van der Waals surface area (Å²) in [6.45, 7) is 6.05. The molecule has 1 heteroatoms. The van der Waals surface area contributed by atoms with Gasteiger partial charge in [-0.3, -0.25) is 0 Å². The Morgan fingerprint density at radius 1 is 1.28 bits per heavy atom. The number of benzene rings is 1. The van der Waals surface area contributed by atoms with Crippen molar-refractivity contribution in [2.45, 2.75) is 51.0 Å². The third kappa shape index (κ3) is 1.50. The number of rotatable bonds is 2. The summed E-state index contributed by atoms with van der Waals surface area (Å²) in [5.41, 5.74) is 3.74. The molecule has 1 fully saturated rings. The van der Waals surface area contributed by atoms with E-state index in [4.69, 9.17) is 0 Å². The molecule has 0 unspecified atom stereocenters. The van der Waals surface area contributed by atoms with Crippen LogP contribution in [0.5, 0.6) is 0 Å². The summed E-state index contributed by atoms with van der Waals surface area (Å²) in [5.74, 6) is 0.844. The maximum absolute atomic E-state index is 2.61. The third-order valence-corrected chi connectivity index (χ3v) is 5.70. The molecule has 1 aliphatic carbocycles. The van der Waals surface area contributed by atoms with Gasteiger partial charge in [-0.25, -0.2) is 0 Å². The van der Waals surface area contributed by atoms with E-state index in [-0.39, 0.29) is 0 Å². The van der Waals surface area contributed by atoms with Crippen LogP contribution >= 0.6 is 0 Å². The van der Waals surface area contributed by atoms with Crippen molar-refractivity contribution < 1.29 is 0 Å². The first kappa shape index (κ1) is 12.2. The van der Waals surface area contributed by atoms with Gasteiger partial charge in [0, 0.05) is 11.5 Å². The van der Waals surface area contributed by atoms with Crippen molar-refractivity contribution in [3.8, 4) is 0 Å². The van der Waals surface area contributed by atoms with Crippen LogP contribution in [0.3, 0.4) is 0 Å². The average Bonchev–Trinajstić information content (AvgIpc) is 2.42. The Labute approximate surface area is 111 Å². The number of hydrogen-bond donors (Lipinski definition) is 0. The van der Waals surface area contributed by atoms with Crippen LogP contribution in [0.25, 0.3) is 0 Å². The second-order valence-electron chi connectivity index (χ2n) is 6.18. The van der Waals surface area contributed by atoms with Gasteiger partial charge in [-0.2, -0.15) is 0 Å². The lowest BCUT2D eigenvalue weighted by atomic mass is 9.55. The number of likely N-dealkylation sites (N-methyl/N-ethyl adjacent to an activating group) is 1. The van der Waals surface area contributed by atoms with Gasteiger partial charge in [0.15, 0.2) is 0 Å². The largest absolute Gasteiger partial charge is 0.303 e. The van der Waals surface area contributed by atoms with Gasteiger partial charge < -0.3 is 4.90 Å². The number of nitrogens with zero attached hydrogens (tertiary/aromatic N) is 1. The SMILES string of the molecule is CC[C@H]1[C@@H]2Cc3ccccc3[C@]1(CC)CCN2C. The smallest absolute Gasteiger partial charge is 0.0169 e. The molecule has 2 bridgehead atoms. The highest BCUT2D eigenvalue weighted by Crippen LogP contribution is 2.51. The zero-order chi connectivity index (χ0) is 12.8. The summed E-state index contributed by atoms with van der Waals surface area (Å²) in [4.78, 5) is 2.61. The Morgan fingerprint density at radius 2 is 2.06 bits per heavy atom. The van der Waals surface area contributed by atoms with Crippen molar-refractivity contribution in [1.82, 2.24) is 4.90 Å². The first-order chi connectivity index (χ1) is 8.73. The monoisotopic (exact) mass is 243 g/mol. The molecule has 0 amide bonds. The summed E-state index contributed by atoms with van der Waals surface area (Å²) in [6, 6.07) is 9.98. The highest BCUT2D eigenvalue weighted by Gasteiger charge is 2.50. The normalized spacial score (nSPS) is 35.3. The van der Waals surface area contributed by atoms with Crippen LogP contribution in [0.1, 0.15) is 44.2 Å². The van der Waals surface area contributed by atoms with Crippen LogP contribution in [0.2, 0.25) is 0 Å². The molecule has 1 nitrogen and oxygen atoms in total. The molecule has 1 aliphatic heterocycles. The summed E-state index contributed by atoms with van der Waals surface area (Å²) in [7, 11) is 2.32. The van der Waals surface area contributed by atoms with Crippen molar-refractivity contribution in [1.29, 1.82) is 0 Å². The minimum absolute atomic E-state index is 0.459. The van der Waals surface area contributed by atoms with Crippen molar-refractivity contribution >= 4 is 0 Å². The van der Waals surface area contributed by atoms with Gasteiger partial charge in [0.25, 0.3) is 0 Å². The van der Waals surface area contributed by atoms with Gasteiger partial charge in [-0.15, -0.1) is 0 Å². The lowest BCUT2D eigenvalue weighted by Crippen LogP contribution is -2.58. The molecular weight excluding hydrogens is 218 g/mol. The molecule has 98 valence electrons. The summed E-state index contributed by atoms with van der Waals surface area (Å²) < 4.78 is 0. The molecule has 3 atom stereocenters. The molecule has 0 radical (unpaired) electrons. The molecule has 0 spiro atoms. The zero-order valence-corrected chi connectivity index (χ0v) is 11.9. The van der Waals surface area contributed by atoms with Crippen LogP contribution in [0.15, 0.2) is 24.3 Å². The van der Waals surface area contributed by atoms with Crippen LogP contribution in [0, 0.1) is 5.92 Å². The van der Waals surface area contributed by atoms with Crippen molar-refractivity contribution in [2.24, 2.45) is 5.92 Å².